The fourth-order valence-corrected chi connectivity index (χ4v) is 5.53. The Morgan fingerprint density at radius 3 is 2.53 bits per heavy atom. The molecule has 0 radical (unpaired) electrons. The molecule has 2 heteroatoms. The Morgan fingerprint density at radius 2 is 1.95 bits per heavy atom. The van der Waals surface area contributed by atoms with Gasteiger partial charge in [-0.25, -0.2) is 0 Å². The maximum Gasteiger partial charge on any atom is 0.179 e. The molecule has 0 N–H and O–H groups in total. The van der Waals surface area contributed by atoms with Crippen molar-refractivity contribution in [1.29, 1.82) is 0 Å². The molecule has 2 rings (SSSR count). The Hall–Kier alpha value is -0.600. The van der Waals surface area contributed by atoms with Crippen molar-refractivity contribution in [2.45, 2.75) is 58.3 Å². The van der Waals surface area contributed by atoms with E-state index in [4.69, 9.17) is 0 Å². The molecule has 106 valence electrons. The molecule has 0 aliphatic heterocycles. The van der Waals surface area contributed by atoms with E-state index in [2.05, 4.69) is 42.3 Å². The summed E-state index contributed by atoms with van der Waals surface area (Å²) in [5.41, 5.74) is 1.66. The van der Waals surface area contributed by atoms with Crippen molar-refractivity contribution in [2.75, 3.05) is 17.4 Å². The largest absolute Gasteiger partial charge is 0.179 e. The number of nitrogens with zero attached hydrogens (tertiary/aromatic N) is 1. The summed E-state index contributed by atoms with van der Waals surface area (Å²) < 4.78 is 2.59. The van der Waals surface area contributed by atoms with Gasteiger partial charge in [0.25, 0.3) is 0 Å². The second-order valence-corrected chi connectivity index (χ2v) is 7.35. The zero-order chi connectivity index (χ0) is 13.7. The molecular formula is C17H28NS+. The lowest BCUT2D eigenvalue weighted by atomic mass is 9.84. The standard InChI is InChI=1S/C17H28NS/c1-4-10-17-16(15-11-8-7-9-12-15)13-14-19(17)18(5-2)6-3/h4,13-15H,1,5-12H2,2-3H3/q+1. The van der Waals surface area contributed by atoms with Gasteiger partial charge in [-0.3, -0.25) is 0 Å². The topological polar surface area (TPSA) is 3.24 Å². The van der Waals surface area contributed by atoms with E-state index in [1.54, 1.807) is 10.4 Å². The fourth-order valence-electron chi connectivity index (χ4n) is 3.29. The maximum absolute atomic E-state index is 3.97. The monoisotopic (exact) mass is 278 g/mol. The van der Waals surface area contributed by atoms with E-state index in [1.807, 2.05) is 0 Å². The summed E-state index contributed by atoms with van der Waals surface area (Å²) in [5, 5.41) is 2.45. The van der Waals surface area contributed by atoms with Crippen molar-refractivity contribution in [3.05, 3.63) is 34.5 Å². The third kappa shape index (κ3) is 3.29. The minimum atomic E-state index is 0.227. The predicted octanol–water partition coefficient (Wildman–Crippen LogP) is 5.19. The molecule has 1 fully saturated rings. The first-order valence-corrected chi connectivity index (χ1v) is 9.06. The van der Waals surface area contributed by atoms with Crippen LogP contribution in [0.15, 0.2) is 24.1 Å². The minimum absolute atomic E-state index is 0.227. The smallest absolute Gasteiger partial charge is 0.106 e. The van der Waals surface area contributed by atoms with Crippen LogP contribution in [-0.2, 0) is 6.42 Å². The SMILES string of the molecule is C=CCc1c(C2CCCCC2)cc[s+]1N(CC)CC. The first-order chi connectivity index (χ1) is 9.31. The van der Waals surface area contributed by atoms with Gasteiger partial charge in [0.2, 0.25) is 0 Å². The molecule has 1 nitrogen and oxygen atoms in total. The van der Waals surface area contributed by atoms with Crippen molar-refractivity contribution in [2.24, 2.45) is 0 Å². The van der Waals surface area contributed by atoms with Gasteiger partial charge in [-0.1, -0.05) is 25.3 Å². The molecule has 0 aromatic carbocycles. The summed E-state index contributed by atoms with van der Waals surface area (Å²) >= 11 is 0. The van der Waals surface area contributed by atoms with Gasteiger partial charge < -0.3 is 0 Å². The Morgan fingerprint density at radius 1 is 1.26 bits per heavy atom. The maximum atomic E-state index is 3.97. The van der Waals surface area contributed by atoms with Gasteiger partial charge in [0.1, 0.15) is 0 Å². The van der Waals surface area contributed by atoms with Gasteiger partial charge >= 0.3 is 0 Å². The summed E-state index contributed by atoms with van der Waals surface area (Å²) in [6, 6.07) is 2.44. The zero-order valence-electron chi connectivity index (χ0n) is 12.5. The van der Waals surface area contributed by atoms with E-state index in [0.717, 1.165) is 25.4 Å². The molecule has 1 heterocycles. The lowest BCUT2D eigenvalue weighted by molar-refractivity contribution is 0.443. The van der Waals surface area contributed by atoms with Gasteiger partial charge in [0.05, 0.1) is 10.7 Å². The highest BCUT2D eigenvalue weighted by Gasteiger charge is 2.28. The second-order valence-electron chi connectivity index (χ2n) is 5.44. The van der Waals surface area contributed by atoms with Crippen molar-refractivity contribution in [1.82, 2.24) is 0 Å². The first-order valence-electron chi connectivity index (χ1n) is 7.82. The number of hydrogen-bond donors (Lipinski definition) is 0. The number of thiophene rings is 1. The average molecular weight is 278 g/mol. The summed E-state index contributed by atoms with van der Waals surface area (Å²) in [6.45, 7) is 10.8. The lowest BCUT2D eigenvalue weighted by Crippen LogP contribution is -2.20. The van der Waals surface area contributed by atoms with E-state index in [9.17, 15) is 0 Å². The highest BCUT2D eigenvalue weighted by atomic mass is 32.2. The van der Waals surface area contributed by atoms with Crippen molar-refractivity contribution < 1.29 is 0 Å². The molecule has 1 aliphatic rings. The number of hydrogen-bond acceptors (Lipinski definition) is 1. The molecule has 1 aromatic heterocycles. The van der Waals surface area contributed by atoms with Crippen LogP contribution in [0.25, 0.3) is 0 Å². The average Bonchev–Trinajstić information content (AvgIpc) is 2.86. The third-order valence-corrected chi connectivity index (χ3v) is 6.68. The van der Waals surface area contributed by atoms with E-state index < -0.39 is 0 Å². The van der Waals surface area contributed by atoms with Crippen LogP contribution in [-0.4, -0.2) is 13.1 Å². The zero-order valence-corrected chi connectivity index (χ0v) is 13.3. The molecule has 1 aliphatic carbocycles. The molecule has 0 spiro atoms. The summed E-state index contributed by atoms with van der Waals surface area (Å²) in [4.78, 5) is 1.66. The van der Waals surface area contributed by atoms with E-state index in [-0.39, 0.29) is 10.7 Å². The molecule has 19 heavy (non-hydrogen) atoms. The number of allylic oxidation sites excluding steroid dienone is 1. The minimum Gasteiger partial charge on any atom is -0.106 e. The Balaban J connectivity index is 2.29. The first kappa shape index (κ1) is 14.8. The highest BCUT2D eigenvalue weighted by molar-refractivity contribution is 7.32. The summed E-state index contributed by atoms with van der Waals surface area (Å²) in [7, 11) is 0.227. The van der Waals surface area contributed by atoms with Crippen LogP contribution in [0.4, 0.5) is 0 Å². The van der Waals surface area contributed by atoms with Crippen LogP contribution in [0.1, 0.15) is 62.3 Å². The molecule has 1 saturated carbocycles. The lowest BCUT2D eigenvalue weighted by Gasteiger charge is -2.21. The Bertz CT molecular complexity index is 397. The molecule has 1 unspecified atom stereocenters. The Kier molecular flexibility index (Phi) is 5.65. The van der Waals surface area contributed by atoms with Gasteiger partial charge in [-0.2, -0.15) is 0 Å². The predicted molar refractivity (Wildman–Crippen MR) is 87.9 cm³/mol. The fraction of sp³-hybridized carbons (Fsp3) is 0.647. The van der Waals surface area contributed by atoms with Crippen LogP contribution in [0.2, 0.25) is 0 Å². The van der Waals surface area contributed by atoms with E-state index >= 15 is 0 Å². The van der Waals surface area contributed by atoms with Gasteiger partial charge in [0, 0.05) is 31.1 Å². The molecular weight excluding hydrogens is 250 g/mol. The third-order valence-electron chi connectivity index (χ3n) is 4.31. The Labute approximate surface area is 121 Å². The molecule has 0 amide bonds. The van der Waals surface area contributed by atoms with E-state index in [0.29, 0.717) is 0 Å². The summed E-state index contributed by atoms with van der Waals surface area (Å²) in [5.74, 6) is 0.827. The normalized spacial score (nSPS) is 17.9. The van der Waals surface area contributed by atoms with E-state index in [1.165, 1.54) is 32.1 Å². The van der Waals surface area contributed by atoms with Gasteiger partial charge in [-0.15, -0.1) is 10.9 Å². The second kappa shape index (κ2) is 7.25. The highest BCUT2D eigenvalue weighted by Crippen LogP contribution is 2.41. The quantitative estimate of drug-likeness (QED) is 0.511. The van der Waals surface area contributed by atoms with Crippen LogP contribution >= 0.6 is 10.7 Å². The molecule has 1 aromatic rings. The van der Waals surface area contributed by atoms with Crippen molar-refractivity contribution in [3.63, 3.8) is 0 Å². The van der Waals surface area contributed by atoms with Crippen LogP contribution in [0, 0.1) is 0 Å². The molecule has 0 saturated heterocycles. The van der Waals surface area contributed by atoms with Crippen molar-refractivity contribution >= 4 is 10.7 Å². The summed E-state index contributed by atoms with van der Waals surface area (Å²) in [6.07, 6.45) is 10.2. The molecule has 1 atom stereocenters. The van der Waals surface area contributed by atoms with Crippen LogP contribution in [0.3, 0.4) is 0 Å². The number of rotatable bonds is 6. The van der Waals surface area contributed by atoms with Gasteiger partial charge in [-0.05, 0) is 32.6 Å². The van der Waals surface area contributed by atoms with Crippen LogP contribution < -0.4 is 4.31 Å². The van der Waals surface area contributed by atoms with Gasteiger partial charge in [0.15, 0.2) is 10.3 Å². The van der Waals surface area contributed by atoms with Crippen LogP contribution in [0.5, 0.6) is 0 Å². The van der Waals surface area contributed by atoms with Crippen molar-refractivity contribution in [3.8, 4) is 0 Å². The molecule has 0 bridgehead atoms.